The van der Waals surface area contributed by atoms with Gasteiger partial charge in [0.1, 0.15) is 12.7 Å². The van der Waals surface area contributed by atoms with E-state index in [1.165, 1.54) is 12.3 Å². The van der Waals surface area contributed by atoms with E-state index in [2.05, 4.69) is 9.97 Å². The number of nitrogens with one attached hydrogen (secondary N) is 1. The van der Waals surface area contributed by atoms with Gasteiger partial charge in [0.2, 0.25) is 5.91 Å². The van der Waals surface area contributed by atoms with E-state index < -0.39 is 12.4 Å². The Morgan fingerprint density at radius 2 is 2.19 bits per heavy atom. The average molecular weight is 473 g/mol. The molecule has 6 nitrogen and oxygen atoms in total. The Bertz CT molecular complexity index is 1320. The first kappa shape index (κ1) is 21.2. The van der Waals surface area contributed by atoms with Crippen LogP contribution in [0.1, 0.15) is 29.8 Å². The van der Waals surface area contributed by atoms with Crippen molar-refractivity contribution < 1.29 is 14.3 Å². The molecule has 1 unspecified atom stereocenters. The number of aliphatic hydroxyl groups excluding tert-OH is 1. The number of nitrogens with zero attached hydrogens (tertiary/aromatic N) is 3. The quantitative estimate of drug-likeness (QED) is 0.582. The number of hydrogen-bond acceptors (Lipinski definition) is 4. The van der Waals surface area contributed by atoms with Crippen molar-refractivity contribution in [3.8, 4) is 17.2 Å². The first-order chi connectivity index (χ1) is 15.4. The number of aliphatic hydroxyl groups is 1. The van der Waals surface area contributed by atoms with Crippen molar-refractivity contribution in [2.45, 2.75) is 25.7 Å². The molecule has 3 aromatic rings. The third-order valence-corrected chi connectivity index (χ3v) is 7.59. The van der Waals surface area contributed by atoms with Gasteiger partial charge in [-0.25, -0.2) is 9.37 Å². The topological polar surface area (TPSA) is 93.0 Å². The van der Waals surface area contributed by atoms with Crippen LogP contribution in [0.4, 0.5) is 4.39 Å². The summed E-state index contributed by atoms with van der Waals surface area (Å²) in [5.41, 5.74) is 3.70. The molecule has 1 aliphatic heterocycles. The molecule has 1 aliphatic carbocycles. The predicted molar refractivity (Wildman–Crippen MR) is 119 cm³/mol. The number of rotatable bonds is 2. The minimum absolute atomic E-state index is 0.0789. The van der Waals surface area contributed by atoms with Crippen LogP contribution in [0, 0.1) is 22.6 Å². The molecule has 164 valence electrons. The van der Waals surface area contributed by atoms with E-state index in [4.69, 9.17) is 28.5 Å². The zero-order valence-electron chi connectivity index (χ0n) is 17.0. The largest absolute Gasteiger partial charge is 0.387 e. The monoisotopic (exact) mass is 472 g/mol. The molecule has 1 saturated heterocycles. The third kappa shape index (κ3) is 3.25. The number of likely N-dealkylation sites (tertiary alicyclic amines) is 1. The van der Waals surface area contributed by atoms with Crippen molar-refractivity contribution in [1.29, 1.82) is 5.26 Å². The molecule has 5 rings (SSSR count). The van der Waals surface area contributed by atoms with E-state index in [9.17, 15) is 14.3 Å². The number of pyridine rings is 1. The van der Waals surface area contributed by atoms with Crippen molar-refractivity contribution in [2.75, 3.05) is 19.7 Å². The molecular weight excluding hydrogens is 454 g/mol. The number of aryl methyl sites for hydroxylation is 1. The molecule has 1 atom stereocenters. The normalized spacial score (nSPS) is 20.0. The molecule has 1 spiro atoms. The van der Waals surface area contributed by atoms with Crippen molar-refractivity contribution in [1.82, 2.24) is 14.9 Å². The van der Waals surface area contributed by atoms with Crippen LogP contribution in [0.15, 0.2) is 18.3 Å². The Hall–Kier alpha value is -2.66. The first-order valence-electron chi connectivity index (χ1n) is 10.3. The Balaban J connectivity index is 1.65. The van der Waals surface area contributed by atoms with Gasteiger partial charge in [-0.15, -0.1) is 0 Å². The molecule has 2 aliphatic rings. The number of halogens is 3. The molecular formula is C23H19Cl2FN4O2. The second-order valence-electron chi connectivity index (χ2n) is 8.62. The van der Waals surface area contributed by atoms with Crippen LogP contribution in [0.5, 0.6) is 0 Å². The van der Waals surface area contributed by atoms with Gasteiger partial charge in [0.05, 0.1) is 15.6 Å². The van der Waals surface area contributed by atoms with Crippen molar-refractivity contribution >= 4 is 40.0 Å². The van der Waals surface area contributed by atoms with E-state index in [1.54, 1.807) is 17.0 Å². The van der Waals surface area contributed by atoms with Crippen LogP contribution >= 0.6 is 23.2 Å². The van der Waals surface area contributed by atoms with Gasteiger partial charge in [-0.2, -0.15) is 5.26 Å². The summed E-state index contributed by atoms with van der Waals surface area (Å²) in [6.45, 7) is 0.743. The SMILES string of the molecule is N#Cc1ncc(-c2cc(Cl)c(Cl)c3[nH]c4c(c23)CC2(CC4)CCN(C(=O)CO)C2)cc1F. The number of hydrogen-bond donors (Lipinski definition) is 2. The van der Waals surface area contributed by atoms with Crippen molar-refractivity contribution in [3.63, 3.8) is 0 Å². The molecule has 0 radical (unpaired) electrons. The van der Waals surface area contributed by atoms with E-state index >= 15 is 0 Å². The highest BCUT2D eigenvalue weighted by Crippen LogP contribution is 2.48. The number of nitriles is 1. The summed E-state index contributed by atoms with van der Waals surface area (Å²) >= 11 is 13.0. The van der Waals surface area contributed by atoms with Gasteiger partial charge in [-0.05, 0) is 54.4 Å². The maximum absolute atomic E-state index is 14.4. The molecule has 2 N–H and O–H groups in total. The minimum Gasteiger partial charge on any atom is -0.387 e. The maximum atomic E-state index is 14.4. The van der Waals surface area contributed by atoms with Gasteiger partial charge in [0, 0.05) is 35.9 Å². The molecule has 32 heavy (non-hydrogen) atoms. The van der Waals surface area contributed by atoms with Gasteiger partial charge in [0.25, 0.3) is 0 Å². The summed E-state index contributed by atoms with van der Waals surface area (Å²) in [4.78, 5) is 21.1. The van der Waals surface area contributed by atoms with Crippen LogP contribution in [0.3, 0.4) is 0 Å². The predicted octanol–water partition coefficient (Wildman–Crippen LogP) is 4.25. The summed E-state index contributed by atoms with van der Waals surface area (Å²) < 4.78 is 14.4. The highest BCUT2D eigenvalue weighted by Gasteiger charge is 2.43. The van der Waals surface area contributed by atoms with Gasteiger partial charge < -0.3 is 15.0 Å². The zero-order chi connectivity index (χ0) is 22.6. The molecule has 2 aromatic heterocycles. The minimum atomic E-state index is -0.695. The van der Waals surface area contributed by atoms with Crippen LogP contribution in [0.25, 0.3) is 22.0 Å². The molecule has 1 fully saturated rings. The number of aromatic nitrogens is 2. The maximum Gasteiger partial charge on any atom is 0.248 e. The molecule has 0 saturated carbocycles. The smallest absolute Gasteiger partial charge is 0.248 e. The summed E-state index contributed by atoms with van der Waals surface area (Å²) in [5, 5.41) is 19.9. The number of H-pyrrole nitrogens is 1. The van der Waals surface area contributed by atoms with Crippen LogP contribution in [0.2, 0.25) is 10.0 Å². The lowest BCUT2D eigenvalue weighted by molar-refractivity contribution is -0.133. The molecule has 3 heterocycles. The van der Waals surface area contributed by atoms with E-state index in [0.29, 0.717) is 39.8 Å². The summed E-state index contributed by atoms with van der Waals surface area (Å²) in [7, 11) is 0. The third-order valence-electron chi connectivity index (χ3n) is 6.80. The van der Waals surface area contributed by atoms with Crippen LogP contribution in [-0.2, 0) is 17.6 Å². The Morgan fingerprint density at radius 1 is 1.38 bits per heavy atom. The Kier molecular flexibility index (Phi) is 5.12. The number of carbonyl (C=O) groups excluding carboxylic acids is 1. The first-order valence-corrected chi connectivity index (χ1v) is 11.1. The zero-order valence-corrected chi connectivity index (χ0v) is 18.5. The fraction of sp³-hybridized carbons (Fsp3) is 0.348. The summed E-state index contributed by atoms with van der Waals surface area (Å²) in [6.07, 6.45) is 4.76. The molecule has 1 aromatic carbocycles. The van der Waals surface area contributed by atoms with E-state index in [1.807, 2.05) is 0 Å². The van der Waals surface area contributed by atoms with E-state index in [0.717, 1.165) is 42.3 Å². The highest BCUT2D eigenvalue weighted by molar-refractivity contribution is 6.45. The summed E-state index contributed by atoms with van der Waals surface area (Å²) in [6, 6.07) is 4.74. The highest BCUT2D eigenvalue weighted by atomic mass is 35.5. The number of carbonyl (C=O) groups is 1. The average Bonchev–Trinajstić information content (AvgIpc) is 3.38. The number of fused-ring (bicyclic) bond motifs is 3. The van der Waals surface area contributed by atoms with Gasteiger partial charge in [-0.1, -0.05) is 23.2 Å². The van der Waals surface area contributed by atoms with Crippen molar-refractivity contribution in [2.24, 2.45) is 5.41 Å². The van der Waals surface area contributed by atoms with Gasteiger partial charge in [0.15, 0.2) is 11.5 Å². The summed E-state index contributed by atoms with van der Waals surface area (Å²) in [5.74, 6) is -0.944. The van der Waals surface area contributed by atoms with Crippen LogP contribution < -0.4 is 0 Å². The lowest BCUT2D eigenvalue weighted by Gasteiger charge is -2.33. The lowest BCUT2D eigenvalue weighted by atomic mass is 9.72. The van der Waals surface area contributed by atoms with Crippen LogP contribution in [-0.4, -0.2) is 45.6 Å². The number of benzene rings is 1. The second kappa shape index (κ2) is 7.73. The number of aromatic amines is 1. The van der Waals surface area contributed by atoms with Crippen molar-refractivity contribution in [3.05, 3.63) is 51.1 Å². The van der Waals surface area contributed by atoms with Gasteiger partial charge in [-0.3, -0.25) is 4.79 Å². The molecule has 0 bridgehead atoms. The Labute approximate surface area is 193 Å². The molecule has 9 heteroatoms. The van der Waals surface area contributed by atoms with Gasteiger partial charge >= 0.3 is 0 Å². The second-order valence-corrected chi connectivity index (χ2v) is 9.40. The fourth-order valence-electron chi connectivity index (χ4n) is 5.19. The molecule has 1 amide bonds. The number of amides is 1. The van der Waals surface area contributed by atoms with E-state index in [-0.39, 0.29) is 17.0 Å². The Morgan fingerprint density at radius 3 is 2.91 bits per heavy atom. The fourth-order valence-corrected chi connectivity index (χ4v) is 5.59. The lowest BCUT2D eigenvalue weighted by Crippen LogP contribution is -2.36. The standard InChI is InChI=1S/C23H19Cl2FN4O2/c24-15-6-13(12-5-16(26)18(8-27)28-9-12)20-14-7-23(3-4-30(11-23)19(32)10-31)2-1-17(14)29-22(20)21(15)25/h5-6,9,29,31H,1-4,7,10-11H2.